The van der Waals surface area contributed by atoms with Gasteiger partial charge in [-0.15, -0.1) is 0 Å². The molecule has 0 aromatic carbocycles. The Hall–Kier alpha value is -1.61. The minimum atomic E-state index is 0.173. The van der Waals surface area contributed by atoms with Gasteiger partial charge in [-0.1, -0.05) is 0 Å². The Morgan fingerprint density at radius 1 is 1.40 bits per heavy atom. The van der Waals surface area contributed by atoms with Crippen LogP contribution in [0.4, 0.5) is 0 Å². The number of nitrogens with zero attached hydrogens (tertiary/aromatic N) is 1. The van der Waals surface area contributed by atoms with E-state index in [0.29, 0.717) is 0 Å². The Labute approximate surface area is 89.1 Å². The molecule has 3 nitrogen and oxygen atoms in total. The lowest BCUT2D eigenvalue weighted by Crippen LogP contribution is -2.18. The second-order valence-corrected chi connectivity index (χ2v) is 3.51. The van der Waals surface area contributed by atoms with Crippen LogP contribution in [0.5, 0.6) is 0 Å². The molecule has 0 bridgehead atoms. The van der Waals surface area contributed by atoms with Gasteiger partial charge in [0.25, 0.3) is 0 Å². The molecule has 78 valence electrons. The zero-order valence-corrected chi connectivity index (χ0v) is 8.90. The topological polar surface area (TPSA) is 38.1 Å². The van der Waals surface area contributed by atoms with Gasteiger partial charge in [0, 0.05) is 18.0 Å². The predicted octanol–water partition coefficient (Wildman–Crippen LogP) is 2.29. The number of furan rings is 1. The summed E-state index contributed by atoms with van der Waals surface area (Å²) < 4.78 is 5.10. The molecule has 1 N–H and O–H groups in total. The van der Waals surface area contributed by atoms with Gasteiger partial charge in [-0.2, -0.15) is 0 Å². The molecule has 1 atom stereocenters. The molecular formula is C12H14N2O. The average Bonchev–Trinajstić information content (AvgIpc) is 2.75. The molecule has 0 aliphatic carbocycles. The summed E-state index contributed by atoms with van der Waals surface area (Å²) in [6.45, 7) is 2.06. The van der Waals surface area contributed by atoms with E-state index in [-0.39, 0.29) is 6.04 Å². The summed E-state index contributed by atoms with van der Waals surface area (Å²) in [6, 6.07) is 4.18. The number of nitrogens with one attached hydrogen (secondary N) is 1. The Kier molecular flexibility index (Phi) is 2.83. The third kappa shape index (κ3) is 1.92. The summed E-state index contributed by atoms with van der Waals surface area (Å²) in [5, 5.41) is 3.27. The maximum Gasteiger partial charge on any atom is 0.0953 e. The summed E-state index contributed by atoms with van der Waals surface area (Å²) >= 11 is 0. The molecule has 0 saturated carbocycles. The Morgan fingerprint density at radius 2 is 2.27 bits per heavy atom. The van der Waals surface area contributed by atoms with Crippen molar-refractivity contribution < 1.29 is 4.42 Å². The van der Waals surface area contributed by atoms with Crippen LogP contribution in [-0.4, -0.2) is 12.0 Å². The summed E-state index contributed by atoms with van der Waals surface area (Å²) in [7, 11) is 1.94. The lowest BCUT2D eigenvalue weighted by Gasteiger charge is -2.16. The highest BCUT2D eigenvalue weighted by Crippen LogP contribution is 2.23. The van der Waals surface area contributed by atoms with Crippen LogP contribution in [0.3, 0.4) is 0 Å². The number of aromatic nitrogens is 1. The third-order valence-electron chi connectivity index (χ3n) is 2.54. The van der Waals surface area contributed by atoms with E-state index in [1.807, 2.05) is 31.6 Å². The van der Waals surface area contributed by atoms with E-state index in [2.05, 4.69) is 17.2 Å². The molecule has 0 aliphatic rings. The fourth-order valence-electron chi connectivity index (χ4n) is 1.75. The number of hydrogen-bond donors (Lipinski definition) is 1. The molecule has 0 fully saturated rings. The normalized spacial score (nSPS) is 12.7. The highest BCUT2D eigenvalue weighted by Gasteiger charge is 2.14. The first-order valence-electron chi connectivity index (χ1n) is 4.93. The van der Waals surface area contributed by atoms with Gasteiger partial charge >= 0.3 is 0 Å². The van der Waals surface area contributed by atoms with Crippen LogP contribution >= 0.6 is 0 Å². The van der Waals surface area contributed by atoms with Crippen LogP contribution in [-0.2, 0) is 0 Å². The lowest BCUT2D eigenvalue weighted by molar-refractivity contribution is 0.557. The smallest absolute Gasteiger partial charge is 0.0953 e. The van der Waals surface area contributed by atoms with Crippen LogP contribution in [0, 0.1) is 6.92 Å². The summed E-state index contributed by atoms with van der Waals surface area (Å²) in [4.78, 5) is 4.09. The molecule has 0 saturated heterocycles. The maximum atomic E-state index is 5.10. The monoisotopic (exact) mass is 202 g/mol. The summed E-state index contributed by atoms with van der Waals surface area (Å²) in [6.07, 6.45) is 7.14. The Balaban J connectivity index is 2.40. The van der Waals surface area contributed by atoms with Gasteiger partial charge in [0.1, 0.15) is 0 Å². The molecule has 15 heavy (non-hydrogen) atoms. The van der Waals surface area contributed by atoms with E-state index in [1.54, 1.807) is 12.5 Å². The van der Waals surface area contributed by atoms with Crippen molar-refractivity contribution in [1.82, 2.24) is 10.3 Å². The van der Waals surface area contributed by atoms with Crippen LogP contribution in [0.2, 0.25) is 0 Å². The van der Waals surface area contributed by atoms with Crippen molar-refractivity contribution in [2.75, 3.05) is 7.05 Å². The second-order valence-electron chi connectivity index (χ2n) is 3.51. The number of rotatable bonds is 3. The minimum Gasteiger partial charge on any atom is -0.472 e. The van der Waals surface area contributed by atoms with Gasteiger partial charge in [-0.25, -0.2) is 0 Å². The standard InChI is InChI=1S/C12H14N2O/c1-9-7-14-5-3-11(9)12(13-2)10-4-6-15-8-10/h3-8,12-13H,1-2H3. The third-order valence-corrected chi connectivity index (χ3v) is 2.54. The first-order valence-corrected chi connectivity index (χ1v) is 4.93. The van der Waals surface area contributed by atoms with Crippen LogP contribution in [0.1, 0.15) is 22.7 Å². The summed E-state index contributed by atoms with van der Waals surface area (Å²) in [5.74, 6) is 0. The van der Waals surface area contributed by atoms with Gasteiger partial charge in [0.15, 0.2) is 0 Å². The van der Waals surface area contributed by atoms with Crippen LogP contribution < -0.4 is 5.32 Å². The van der Waals surface area contributed by atoms with Crippen molar-refractivity contribution in [1.29, 1.82) is 0 Å². The molecule has 0 spiro atoms. The van der Waals surface area contributed by atoms with Gasteiger partial charge in [-0.3, -0.25) is 4.98 Å². The molecule has 0 amide bonds. The van der Waals surface area contributed by atoms with E-state index in [9.17, 15) is 0 Å². The van der Waals surface area contributed by atoms with E-state index in [4.69, 9.17) is 4.42 Å². The molecule has 1 unspecified atom stereocenters. The lowest BCUT2D eigenvalue weighted by atomic mass is 9.99. The summed E-state index contributed by atoms with van der Waals surface area (Å²) in [5.41, 5.74) is 3.54. The fourth-order valence-corrected chi connectivity index (χ4v) is 1.75. The van der Waals surface area contributed by atoms with Gasteiger partial charge < -0.3 is 9.73 Å². The van der Waals surface area contributed by atoms with Crippen molar-refractivity contribution in [2.24, 2.45) is 0 Å². The molecule has 0 aliphatic heterocycles. The number of hydrogen-bond acceptors (Lipinski definition) is 3. The second kappa shape index (κ2) is 4.28. The van der Waals surface area contributed by atoms with Crippen molar-refractivity contribution in [2.45, 2.75) is 13.0 Å². The van der Waals surface area contributed by atoms with E-state index in [0.717, 1.165) is 5.56 Å². The fraction of sp³-hybridized carbons (Fsp3) is 0.250. The van der Waals surface area contributed by atoms with E-state index >= 15 is 0 Å². The molecule has 3 heteroatoms. The Bertz CT molecular complexity index is 423. The molecule has 2 aromatic heterocycles. The Morgan fingerprint density at radius 3 is 2.87 bits per heavy atom. The van der Waals surface area contributed by atoms with Gasteiger partial charge in [0.2, 0.25) is 0 Å². The quantitative estimate of drug-likeness (QED) is 0.829. The molecular weight excluding hydrogens is 188 g/mol. The zero-order valence-electron chi connectivity index (χ0n) is 8.90. The van der Waals surface area contributed by atoms with Gasteiger partial charge in [0.05, 0.1) is 18.6 Å². The highest BCUT2D eigenvalue weighted by molar-refractivity contribution is 5.33. The molecule has 2 rings (SSSR count). The zero-order chi connectivity index (χ0) is 10.7. The number of pyridine rings is 1. The van der Waals surface area contributed by atoms with Crippen molar-refractivity contribution >= 4 is 0 Å². The van der Waals surface area contributed by atoms with E-state index in [1.165, 1.54) is 11.1 Å². The average molecular weight is 202 g/mol. The first kappa shape index (κ1) is 9.93. The van der Waals surface area contributed by atoms with Crippen molar-refractivity contribution in [3.63, 3.8) is 0 Å². The SMILES string of the molecule is CNC(c1ccoc1)c1ccncc1C. The number of aryl methyl sites for hydroxylation is 1. The maximum absolute atomic E-state index is 5.10. The van der Waals surface area contributed by atoms with Crippen LogP contribution in [0.25, 0.3) is 0 Å². The minimum absolute atomic E-state index is 0.173. The largest absolute Gasteiger partial charge is 0.472 e. The van der Waals surface area contributed by atoms with Crippen molar-refractivity contribution in [3.8, 4) is 0 Å². The predicted molar refractivity (Wildman–Crippen MR) is 58.6 cm³/mol. The van der Waals surface area contributed by atoms with Crippen LogP contribution in [0.15, 0.2) is 41.5 Å². The van der Waals surface area contributed by atoms with E-state index < -0.39 is 0 Å². The highest BCUT2D eigenvalue weighted by atomic mass is 16.3. The molecule has 0 radical (unpaired) electrons. The molecule has 2 aromatic rings. The van der Waals surface area contributed by atoms with Crippen molar-refractivity contribution in [3.05, 3.63) is 53.7 Å². The molecule has 2 heterocycles. The van der Waals surface area contributed by atoms with Gasteiger partial charge in [-0.05, 0) is 37.2 Å². The first-order chi connectivity index (χ1) is 7.33.